The molecule has 0 radical (unpaired) electrons. The molecule has 1 saturated heterocycles. The van der Waals surface area contributed by atoms with E-state index in [1.807, 2.05) is 29.6 Å². The summed E-state index contributed by atoms with van der Waals surface area (Å²) < 4.78 is 13.6. The molecule has 0 spiro atoms. The van der Waals surface area contributed by atoms with Gasteiger partial charge in [-0.1, -0.05) is 19.9 Å². The van der Waals surface area contributed by atoms with Crippen molar-refractivity contribution < 1.29 is 4.39 Å². The lowest BCUT2D eigenvalue weighted by molar-refractivity contribution is 0.518. The highest BCUT2D eigenvalue weighted by molar-refractivity contribution is 8.07. The number of hydrogen-bond donors (Lipinski definition) is 1. The molecule has 1 aromatic carbocycles. The highest BCUT2D eigenvalue weighted by Crippen LogP contribution is 2.39. The van der Waals surface area contributed by atoms with Crippen molar-refractivity contribution in [3.05, 3.63) is 35.1 Å². The van der Waals surface area contributed by atoms with Crippen molar-refractivity contribution >= 4 is 23.5 Å². The van der Waals surface area contributed by atoms with Gasteiger partial charge in [-0.05, 0) is 36.7 Å². The highest BCUT2D eigenvalue weighted by Gasteiger charge is 2.31. The van der Waals surface area contributed by atoms with E-state index in [9.17, 15) is 4.39 Å². The average Bonchev–Trinajstić information content (AvgIpc) is 2.40. The topological polar surface area (TPSA) is 12.0 Å². The summed E-state index contributed by atoms with van der Waals surface area (Å²) in [4.78, 5) is 0. The van der Waals surface area contributed by atoms with Crippen molar-refractivity contribution in [1.29, 1.82) is 0 Å². The second-order valence-corrected chi connectivity index (χ2v) is 7.72. The monoisotopic (exact) mass is 299 g/mol. The van der Waals surface area contributed by atoms with Crippen molar-refractivity contribution in [3.8, 4) is 0 Å². The Bertz CT molecular complexity index is 425. The summed E-state index contributed by atoms with van der Waals surface area (Å²) in [6, 6.07) is 5.39. The van der Waals surface area contributed by atoms with Gasteiger partial charge >= 0.3 is 0 Å². The lowest BCUT2D eigenvalue weighted by atomic mass is 9.97. The van der Waals surface area contributed by atoms with Crippen LogP contribution >= 0.6 is 23.5 Å². The molecule has 4 heteroatoms. The maximum Gasteiger partial charge on any atom is 0.123 e. The minimum atomic E-state index is -0.135. The molecule has 1 heterocycles. The maximum atomic E-state index is 13.6. The van der Waals surface area contributed by atoms with Crippen LogP contribution in [0.3, 0.4) is 0 Å². The number of thioether (sulfide) groups is 2. The fourth-order valence-electron chi connectivity index (χ4n) is 2.59. The Balaban J connectivity index is 2.30. The van der Waals surface area contributed by atoms with Crippen LogP contribution in [0.5, 0.6) is 0 Å². The zero-order valence-electron chi connectivity index (χ0n) is 11.8. The first kappa shape index (κ1) is 15.2. The van der Waals surface area contributed by atoms with E-state index in [4.69, 9.17) is 0 Å². The lowest BCUT2D eigenvalue weighted by Gasteiger charge is -2.35. The van der Waals surface area contributed by atoms with Crippen LogP contribution in [0.15, 0.2) is 18.2 Å². The molecule has 0 saturated carbocycles. The van der Waals surface area contributed by atoms with Crippen molar-refractivity contribution in [3.63, 3.8) is 0 Å². The molecule has 1 nitrogen and oxygen atoms in total. The Morgan fingerprint density at radius 1 is 1.37 bits per heavy atom. The number of aryl methyl sites for hydroxylation is 1. The molecule has 0 amide bonds. The van der Waals surface area contributed by atoms with Crippen LogP contribution in [-0.4, -0.2) is 28.6 Å². The SMILES string of the molecule is CCNC(c1cc(F)ccc1C)C1SCCSC1C. The van der Waals surface area contributed by atoms with Gasteiger partial charge in [0.25, 0.3) is 0 Å². The van der Waals surface area contributed by atoms with Gasteiger partial charge in [-0.2, -0.15) is 23.5 Å². The summed E-state index contributed by atoms with van der Waals surface area (Å²) in [6.45, 7) is 7.40. The number of benzene rings is 1. The Hall–Kier alpha value is -0.190. The molecule has 19 heavy (non-hydrogen) atoms. The summed E-state index contributed by atoms with van der Waals surface area (Å²) in [6.07, 6.45) is 0. The van der Waals surface area contributed by atoms with Crippen LogP contribution in [0.4, 0.5) is 4.39 Å². The molecule has 0 aliphatic carbocycles. The Morgan fingerprint density at radius 3 is 2.79 bits per heavy atom. The number of halogens is 1. The van der Waals surface area contributed by atoms with Gasteiger partial charge < -0.3 is 5.32 Å². The van der Waals surface area contributed by atoms with E-state index in [1.165, 1.54) is 17.1 Å². The highest BCUT2D eigenvalue weighted by atomic mass is 32.2. The van der Waals surface area contributed by atoms with Crippen LogP contribution < -0.4 is 5.32 Å². The first-order chi connectivity index (χ1) is 9.13. The summed E-state index contributed by atoms with van der Waals surface area (Å²) in [5.41, 5.74) is 2.30. The molecule has 3 unspecified atom stereocenters. The van der Waals surface area contributed by atoms with Gasteiger partial charge in [0.1, 0.15) is 5.82 Å². The van der Waals surface area contributed by atoms with E-state index < -0.39 is 0 Å². The van der Waals surface area contributed by atoms with Gasteiger partial charge in [-0.3, -0.25) is 0 Å². The summed E-state index contributed by atoms with van der Waals surface area (Å²) in [7, 11) is 0. The number of nitrogens with one attached hydrogen (secondary N) is 1. The van der Waals surface area contributed by atoms with Crippen LogP contribution in [0.1, 0.15) is 31.0 Å². The van der Waals surface area contributed by atoms with Gasteiger partial charge in [-0.25, -0.2) is 4.39 Å². The first-order valence-electron chi connectivity index (χ1n) is 6.86. The van der Waals surface area contributed by atoms with Gasteiger partial charge in [0, 0.05) is 28.0 Å². The number of rotatable bonds is 4. The fourth-order valence-corrected chi connectivity index (χ4v) is 5.52. The molecular weight excluding hydrogens is 277 g/mol. The maximum absolute atomic E-state index is 13.6. The zero-order chi connectivity index (χ0) is 13.8. The Morgan fingerprint density at radius 2 is 2.11 bits per heavy atom. The van der Waals surface area contributed by atoms with E-state index in [2.05, 4.69) is 26.1 Å². The van der Waals surface area contributed by atoms with Crippen molar-refractivity contribution in [2.75, 3.05) is 18.1 Å². The van der Waals surface area contributed by atoms with Crippen LogP contribution in [0.25, 0.3) is 0 Å². The van der Waals surface area contributed by atoms with Crippen LogP contribution in [0.2, 0.25) is 0 Å². The molecule has 1 aromatic rings. The molecule has 106 valence electrons. The number of hydrogen-bond acceptors (Lipinski definition) is 3. The quantitative estimate of drug-likeness (QED) is 0.902. The molecule has 1 aliphatic heterocycles. The lowest BCUT2D eigenvalue weighted by Crippen LogP contribution is -2.38. The second kappa shape index (κ2) is 7.00. The van der Waals surface area contributed by atoms with E-state index in [0.29, 0.717) is 10.5 Å². The summed E-state index contributed by atoms with van der Waals surface area (Å²) >= 11 is 4.05. The second-order valence-electron chi connectivity index (χ2n) is 4.95. The van der Waals surface area contributed by atoms with Gasteiger partial charge in [0.15, 0.2) is 0 Å². The predicted octanol–water partition coefficient (Wildman–Crippen LogP) is 4.02. The molecule has 1 fully saturated rings. The van der Waals surface area contributed by atoms with Crippen molar-refractivity contribution in [1.82, 2.24) is 5.32 Å². The third-order valence-electron chi connectivity index (χ3n) is 3.57. The third kappa shape index (κ3) is 3.67. The molecule has 1 N–H and O–H groups in total. The van der Waals surface area contributed by atoms with E-state index >= 15 is 0 Å². The normalized spacial score (nSPS) is 25.3. The average molecular weight is 299 g/mol. The smallest absolute Gasteiger partial charge is 0.123 e. The van der Waals surface area contributed by atoms with E-state index in [-0.39, 0.29) is 11.9 Å². The summed E-state index contributed by atoms with van der Waals surface area (Å²) in [5, 5.41) is 4.68. The van der Waals surface area contributed by atoms with Crippen LogP contribution in [0, 0.1) is 12.7 Å². The zero-order valence-corrected chi connectivity index (χ0v) is 13.4. The summed E-state index contributed by atoms with van der Waals surface area (Å²) in [5.74, 6) is 2.28. The molecule has 0 aromatic heterocycles. The predicted molar refractivity (Wildman–Crippen MR) is 85.7 cm³/mol. The van der Waals surface area contributed by atoms with Crippen LogP contribution in [-0.2, 0) is 0 Å². The Kier molecular flexibility index (Phi) is 5.60. The molecule has 1 aliphatic rings. The molecular formula is C15H22FNS2. The molecule has 0 bridgehead atoms. The largest absolute Gasteiger partial charge is 0.309 e. The Labute approximate surface area is 124 Å². The van der Waals surface area contributed by atoms with E-state index in [1.54, 1.807) is 12.1 Å². The first-order valence-corrected chi connectivity index (χ1v) is 8.96. The minimum absolute atomic E-state index is 0.135. The molecule has 2 rings (SSSR count). The van der Waals surface area contributed by atoms with Crippen molar-refractivity contribution in [2.24, 2.45) is 0 Å². The van der Waals surface area contributed by atoms with Gasteiger partial charge in [-0.15, -0.1) is 0 Å². The van der Waals surface area contributed by atoms with Crippen molar-refractivity contribution in [2.45, 2.75) is 37.3 Å². The third-order valence-corrected chi connectivity index (χ3v) is 6.76. The minimum Gasteiger partial charge on any atom is -0.309 e. The van der Waals surface area contributed by atoms with E-state index in [0.717, 1.165) is 12.1 Å². The fraction of sp³-hybridized carbons (Fsp3) is 0.600. The van der Waals surface area contributed by atoms with Gasteiger partial charge in [0.05, 0.1) is 0 Å². The van der Waals surface area contributed by atoms with Gasteiger partial charge in [0.2, 0.25) is 0 Å². The standard InChI is InChI=1S/C15H22FNS2/c1-4-17-14(15-11(3)18-7-8-19-15)13-9-12(16)6-5-10(13)2/h5-6,9,11,14-15,17H,4,7-8H2,1-3H3. The molecule has 3 atom stereocenters.